The number of nitrogens with one attached hydrogen (secondary N) is 1. The first-order chi connectivity index (χ1) is 22.4. The summed E-state index contributed by atoms with van der Waals surface area (Å²) in [7, 11) is -1.84. The summed E-state index contributed by atoms with van der Waals surface area (Å²) in [5.41, 5.74) is 5.75. The van der Waals surface area contributed by atoms with E-state index in [-0.39, 0.29) is 30.3 Å². The molecule has 0 spiro atoms. The summed E-state index contributed by atoms with van der Waals surface area (Å²) in [5, 5.41) is 9.53. The van der Waals surface area contributed by atoms with Crippen LogP contribution in [-0.2, 0) is 37.4 Å². The molecule has 2 fully saturated rings. The average Bonchev–Trinajstić information content (AvgIpc) is 3.54. The van der Waals surface area contributed by atoms with Crippen molar-refractivity contribution >= 4 is 10.0 Å². The lowest BCUT2D eigenvalue weighted by atomic mass is 9.99. The number of aliphatic hydroxyl groups is 1. The Kier molecular flexibility index (Phi) is 10.6. The van der Waals surface area contributed by atoms with E-state index in [0.29, 0.717) is 6.04 Å². The highest BCUT2D eigenvalue weighted by Crippen LogP contribution is 2.39. The van der Waals surface area contributed by atoms with Gasteiger partial charge in [-0.15, -0.1) is 0 Å². The quantitative estimate of drug-likeness (QED) is 0.196. The molecule has 2 aliphatic rings. The van der Waals surface area contributed by atoms with Crippen LogP contribution in [0.25, 0.3) is 11.1 Å². The lowest BCUT2D eigenvalue weighted by molar-refractivity contribution is -0.253. The minimum Gasteiger partial charge on any atom is -0.392 e. The number of benzene rings is 4. The summed E-state index contributed by atoms with van der Waals surface area (Å²) in [4.78, 5) is 2.73. The van der Waals surface area contributed by atoms with Gasteiger partial charge in [0.05, 0.1) is 30.3 Å². The second-order valence-corrected chi connectivity index (χ2v) is 13.8. The molecule has 0 unspecified atom stereocenters. The van der Waals surface area contributed by atoms with E-state index in [4.69, 9.17) is 14.2 Å². The van der Waals surface area contributed by atoms with Gasteiger partial charge in [-0.1, -0.05) is 84.9 Å². The molecule has 2 saturated heterocycles. The molecule has 2 heterocycles. The van der Waals surface area contributed by atoms with Crippen molar-refractivity contribution in [3.63, 3.8) is 0 Å². The van der Waals surface area contributed by atoms with E-state index in [1.807, 2.05) is 60.7 Å². The number of likely N-dealkylation sites (tertiary alicyclic amines) is 1. The summed E-state index contributed by atoms with van der Waals surface area (Å²) in [6, 6.07) is 32.8. The number of nitrogens with zero attached hydrogens (tertiary/aromatic N) is 1. The molecule has 0 radical (unpaired) electrons. The van der Waals surface area contributed by atoms with Gasteiger partial charge < -0.3 is 19.3 Å². The summed E-state index contributed by atoms with van der Waals surface area (Å²) >= 11 is 0. The molecule has 2 aliphatic heterocycles. The zero-order valence-electron chi connectivity index (χ0n) is 26.1. The monoisotopic (exact) mass is 642 g/mol. The maximum atomic E-state index is 12.7. The van der Waals surface area contributed by atoms with E-state index < -0.39 is 16.3 Å². The largest absolute Gasteiger partial charge is 0.392 e. The topological polar surface area (TPSA) is 97.3 Å². The maximum absolute atomic E-state index is 12.7. The first-order valence-electron chi connectivity index (χ1n) is 15.9. The Balaban J connectivity index is 1.17. The number of sulfonamides is 1. The van der Waals surface area contributed by atoms with Crippen LogP contribution in [0.2, 0.25) is 0 Å². The van der Waals surface area contributed by atoms with Gasteiger partial charge in [-0.2, -0.15) is 0 Å². The van der Waals surface area contributed by atoms with Crippen LogP contribution < -0.4 is 4.72 Å². The molecule has 0 aliphatic carbocycles. The van der Waals surface area contributed by atoms with E-state index in [1.165, 1.54) is 0 Å². The number of hydrogen-bond acceptors (Lipinski definition) is 7. The van der Waals surface area contributed by atoms with Gasteiger partial charge in [0.1, 0.15) is 0 Å². The highest BCUT2D eigenvalue weighted by molar-refractivity contribution is 7.89. The minimum absolute atomic E-state index is 0.00850. The lowest BCUT2D eigenvalue weighted by Gasteiger charge is -2.38. The van der Waals surface area contributed by atoms with Gasteiger partial charge in [0.25, 0.3) is 0 Å². The second kappa shape index (κ2) is 15.0. The fourth-order valence-electron chi connectivity index (χ4n) is 6.37. The number of hydrogen-bond donors (Lipinski definition) is 2. The number of aliphatic hydroxyl groups excluding tert-OH is 1. The summed E-state index contributed by atoms with van der Waals surface area (Å²) in [6.45, 7) is 2.78. The highest BCUT2D eigenvalue weighted by atomic mass is 32.2. The Bertz CT molecular complexity index is 1660. The third-order valence-electron chi connectivity index (χ3n) is 8.87. The van der Waals surface area contributed by atoms with Crippen molar-refractivity contribution in [2.75, 3.05) is 26.8 Å². The van der Waals surface area contributed by atoms with Crippen LogP contribution in [-0.4, -0.2) is 57.4 Å². The molecular weight excluding hydrogens is 600 g/mol. The Morgan fingerprint density at radius 3 is 2.37 bits per heavy atom. The zero-order chi connectivity index (χ0) is 31.9. The van der Waals surface area contributed by atoms with Gasteiger partial charge in [0.2, 0.25) is 10.0 Å². The molecule has 0 amide bonds. The van der Waals surface area contributed by atoms with Crippen LogP contribution in [0.4, 0.5) is 0 Å². The van der Waals surface area contributed by atoms with Gasteiger partial charge in [0.15, 0.2) is 6.29 Å². The average molecular weight is 643 g/mol. The standard InChI is InChI=1S/C37H42N2O6S/c1-43-26-33-9-6-20-39(33)24-34-22-36(30-14-12-27(25-40)13-15-30)45-37(44-34)31-18-16-29(17-19-31)32-8-5-7-28(21-32)23-38-46(41,42)35-10-3-2-4-11-35/h2-5,7-8,10-19,21,33-34,36-38,40H,6,9,20,22-26H2,1H3/t33-,34-,36+,37+/m0/s1. The molecule has 0 aromatic heterocycles. The van der Waals surface area contributed by atoms with Crippen molar-refractivity contribution in [2.45, 2.75) is 61.8 Å². The van der Waals surface area contributed by atoms with Crippen molar-refractivity contribution in [3.05, 3.63) is 125 Å². The first-order valence-corrected chi connectivity index (χ1v) is 17.4. The lowest BCUT2D eigenvalue weighted by Crippen LogP contribution is -2.42. The summed E-state index contributed by atoms with van der Waals surface area (Å²) in [5.74, 6) is 0. The third-order valence-corrected chi connectivity index (χ3v) is 10.3. The van der Waals surface area contributed by atoms with E-state index in [9.17, 15) is 13.5 Å². The van der Waals surface area contributed by atoms with Gasteiger partial charge in [-0.25, -0.2) is 13.1 Å². The van der Waals surface area contributed by atoms with E-state index in [2.05, 4.69) is 21.8 Å². The van der Waals surface area contributed by atoms with Crippen molar-refractivity contribution in [1.82, 2.24) is 9.62 Å². The molecule has 2 N–H and O–H groups in total. The second-order valence-electron chi connectivity index (χ2n) is 12.1. The molecule has 6 rings (SSSR count). The number of ether oxygens (including phenoxy) is 3. The van der Waals surface area contributed by atoms with Crippen LogP contribution in [0.15, 0.2) is 108 Å². The van der Waals surface area contributed by atoms with Gasteiger partial charge in [0, 0.05) is 38.2 Å². The van der Waals surface area contributed by atoms with Crippen molar-refractivity contribution in [3.8, 4) is 11.1 Å². The molecule has 8 nitrogen and oxygen atoms in total. The molecule has 4 atom stereocenters. The van der Waals surface area contributed by atoms with Gasteiger partial charge in [-0.05, 0) is 65.4 Å². The number of rotatable bonds is 12. The minimum atomic E-state index is -3.60. The van der Waals surface area contributed by atoms with E-state index in [1.54, 1.807) is 37.4 Å². The first kappa shape index (κ1) is 32.5. The summed E-state index contributed by atoms with van der Waals surface area (Å²) in [6.07, 6.45) is 2.34. The fourth-order valence-corrected chi connectivity index (χ4v) is 7.40. The zero-order valence-corrected chi connectivity index (χ0v) is 26.9. The predicted molar refractivity (Wildman–Crippen MR) is 177 cm³/mol. The SMILES string of the molecule is COC[C@@H]1CCCN1C[C@@H]1C[C@H](c2ccc(CO)cc2)O[C@H](c2ccc(-c3cccc(CNS(=O)(=O)c4ccccc4)c3)cc2)O1. The molecule has 0 saturated carbocycles. The molecule has 4 aromatic rings. The molecule has 242 valence electrons. The predicted octanol–water partition coefficient (Wildman–Crippen LogP) is 5.98. The molecule has 46 heavy (non-hydrogen) atoms. The third kappa shape index (κ3) is 7.93. The molecular formula is C37H42N2O6S. The van der Waals surface area contributed by atoms with Crippen molar-refractivity contribution in [1.29, 1.82) is 0 Å². The smallest absolute Gasteiger partial charge is 0.240 e. The van der Waals surface area contributed by atoms with Gasteiger partial charge >= 0.3 is 0 Å². The Morgan fingerprint density at radius 1 is 0.870 bits per heavy atom. The molecule has 0 bridgehead atoms. The normalized spacial score (nSPS) is 22.2. The van der Waals surface area contributed by atoms with Crippen LogP contribution in [0.1, 0.15) is 53.9 Å². The molecule has 4 aromatic carbocycles. The Morgan fingerprint density at radius 2 is 1.63 bits per heavy atom. The Hall–Kier alpha value is -3.41. The van der Waals surface area contributed by atoms with Crippen LogP contribution in [0.3, 0.4) is 0 Å². The van der Waals surface area contributed by atoms with Crippen molar-refractivity contribution < 1.29 is 27.7 Å². The number of methoxy groups -OCH3 is 1. The van der Waals surface area contributed by atoms with Crippen molar-refractivity contribution in [2.24, 2.45) is 0 Å². The summed E-state index contributed by atoms with van der Waals surface area (Å²) < 4.78 is 46.8. The van der Waals surface area contributed by atoms with Gasteiger partial charge in [-0.3, -0.25) is 4.90 Å². The van der Waals surface area contributed by atoms with Crippen LogP contribution in [0, 0.1) is 0 Å². The molecule has 9 heteroatoms. The highest BCUT2D eigenvalue weighted by Gasteiger charge is 2.35. The Labute approximate surface area is 272 Å². The maximum Gasteiger partial charge on any atom is 0.240 e. The van der Waals surface area contributed by atoms with Crippen LogP contribution >= 0.6 is 0 Å². The van der Waals surface area contributed by atoms with E-state index in [0.717, 1.165) is 72.3 Å². The van der Waals surface area contributed by atoms with E-state index >= 15 is 0 Å². The fraction of sp³-hybridized carbons (Fsp3) is 0.351. The van der Waals surface area contributed by atoms with Crippen LogP contribution in [0.5, 0.6) is 0 Å².